The summed E-state index contributed by atoms with van der Waals surface area (Å²) in [5.74, 6) is 1.39. The molecule has 32 heavy (non-hydrogen) atoms. The van der Waals surface area contributed by atoms with Crippen molar-refractivity contribution < 1.29 is 9.47 Å². The minimum absolute atomic E-state index is 0.437. The van der Waals surface area contributed by atoms with Crippen molar-refractivity contribution in [2.75, 3.05) is 44.5 Å². The first kappa shape index (κ1) is 21.0. The lowest BCUT2D eigenvalue weighted by atomic mass is 9.99. The Morgan fingerprint density at radius 2 is 2.06 bits per heavy atom. The van der Waals surface area contributed by atoms with Gasteiger partial charge in [-0.1, -0.05) is 0 Å². The van der Waals surface area contributed by atoms with Crippen LogP contribution in [0.25, 0.3) is 10.9 Å². The standard InChI is InChI=1S/C25H31N5O2/c1-30-9-7-17-13-24(31-2)23(12-19(17)16-30)29-25-26-15-18-5-6-21(14-22(18)28-25)27-20-4-3-10-32-11-8-20/h5-6,12-15,20,27H,3-4,7-11,16H2,1-2H3,(H,26,28,29). The molecule has 1 unspecified atom stereocenters. The molecule has 1 fully saturated rings. The van der Waals surface area contributed by atoms with Crippen molar-refractivity contribution in [3.05, 3.63) is 47.7 Å². The van der Waals surface area contributed by atoms with Gasteiger partial charge in [0.05, 0.1) is 18.3 Å². The molecule has 1 saturated heterocycles. The van der Waals surface area contributed by atoms with Gasteiger partial charge in [-0.25, -0.2) is 9.97 Å². The van der Waals surface area contributed by atoms with Gasteiger partial charge in [0.2, 0.25) is 5.95 Å². The first-order chi connectivity index (χ1) is 15.7. The molecular formula is C25H31N5O2. The van der Waals surface area contributed by atoms with E-state index in [1.165, 1.54) is 11.1 Å². The van der Waals surface area contributed by atoms with Gasteiger partial charge in [-0.2, -0.15) is 0 Å². The average Bonchev–Trinajstić information content (AvgIpc) is 3.07. The lowest BCUT2D eigenvalue weighted by Crippen LogP contribution is -2.26. The molecule has 0 radical (unpaired) electrons. The molecule has 0 saturated carbocycles. The summed E-state index contributed by atoms with van der Waals surface area (Å²) in [4.78, 5) is 11.7. The number of nitrogens with one attached hydrogen (secondary N) is 2. The highest BCUT2D eigenvalue weighted by atomic mass is 16.5. The lowest BCUT2D eigenvalue weighted by molar-refractivity contribution is 0.144. The molecule has 3 aromatic rings. The molecular weight excluding hydrogens is 402 g/mol. The molecule has 168 valence electrons. The Morgan fingerprint density at radius 3 is 2.97 bits per heavy atom. The third-order valence-corrected chi connectivity index (χ3v) is 6.38. The Hall–Kier alpha value is -2.90. The van der Waals surface area contributed by atoms with Crippen LogP contribution in [0.4, 0.5) is 17.3 Å². The van der Waals surface area contributed by atoms with Crippen molar-refractivity contribution in [1.29, 1.82) is 0 Å². The van der Waals surface area contributed by atoms with Gasteiger partial charge in [-0.3, -0.25) is 0 Å². The Bertz CT molecular complexity index is 1100. The van der Waals surface area contributed by atoms with E-state index in [4.69, 9.17) is 14.5 Å². The van der Waals surface area contributed by atoms with Gasteiger partial charge in [-0.15, -0.1) is 0 Å². The molecule has 2 N–H and O–H groups in total. The van der Waals surface area contributed by atoms with Crippen LogP contribution in [0.3, 0.4) is 0 Å². The molecule has 1 aromatic heterocycles. The summed E-state index contributed by atoms with van der Waals surface area (Å²) < 4.78 is 11.2. The number of rotatable bonds is 5. The zero-order valence-electron chi connectivity index (χ0n) is 18.9. The highest BCUT2D eigenvalue weighted by Gasteiger charge is 2.18. The van der Waals surface area contributed by atoms with Gasteiger partial charge in [-0.05, 0) is 74.2 Å². The number of methoxy groups -OCH3 is 1. The number of benzene rings is 2. The zero-order chi connectivity index (χ0) is 21.9. The lowest BCUT2D eigenvalue weighted by Gasteiger charge is -2.26. The van der Waals surface area contributed by atoms with Crippen LogP contribution in [0.15, 0.2) is 36.5 Å². The van der Waals surface area contributed by atoms with Crippen molar-refractivity contribution in [1.82, 2.24) is 14.9 Å². The smallest absolute Gasteiger partial charge is 0.227 e. The number of nitrogens with zero attached hydrogens (tertiary/aromatic N) is 3. The summed E-state index contributed by atoms with van der Waals surface area (Å²) in [5, 5.41) is 8.06. The third kappa shape index (κ3) is 4.64. The van der Waals surface area contributed by atoms with Crippen LogP contribution in [0, 0.1) is 0 Å². The van der Waals surface area contributed by atoms with Crippen molar-refractivity contribution in [3.8, 4) is 5.75 Å². The Morgan fingerprint density at radius 1 is 1.12 bits per heavy atom. The van der Waals surface area contributed by atoms with Crippen LogP contribution in [-0.2, 0) is 17.7 Å². The fraction of sp³-hybridized carbons (Fsp3) is 0.440. The highest BCUT2D eigenvalue weighted by molar-refractivity contribution is 5.83. The topological polar surface area (TPSA) is 71.5 Å². The van der Waals surface area contributed by atoms with Crippen molar-refractivity contribution in [2.45, 2.75) is 38.3 Å². The van der Waals surface area contributed by atoms with E-state index in [1.54, 1.807) is 7.11 Å². The Kier molecular flexibility index (Phi) is 6.10. The predicted molar refractivity (Wildman–Crippen MR) is 128 cm³/mol. The van der Waals surface area contributed by atoms with E-state index in [2.05, 4.69) is 57.9 Å². The van der Waals surface area contributed by atoms with Gasteiger partial charge in [0.25, 0.3) is 0 Å². The minimum atomic E-state index is 0.437. The number of hydrogen-bond acceptors (Lipinski definition) is 7. The number of hydrogen-bond donors (Lipinski definition) is 2. The summed E-state index contributed by atoms with van der Waals surface area (Å²) in [7, 11) is 3.86. The van der Waals surface area contributed by atoms with E-state index < -0.39 is 0 Å². The van der Waals surface area contributed by atoms with Crippen molar-refractivity contribution in [2.24, 2.45) is 0 Å². The van der Waals surface area contributed by atoms with Crippen LogP contribution in [0.5, 0.6) is 5.75 Å². The van der Waals surface area contributed by atoms with Crippen molar-refractivity contribution >= 4 is 28.2 Å². The molecule has 7 heteroatoms. The molecule has 2 aliphatic rings. The number of likely N-dealkylation sites (N-methyl/N-ethyl adjacent to an activating group) is 1. The van der Waals surface area contributed by atoms with Gasteiger partial charge >= 0.3 is 0 Å². The maximum absolute atomic E-state index is 5.66. The number of anilines is 3. The predicted octanol–water partition coefficient (Wildman–Crippen LogP) is 4.35. The Balaban J connectivity index is 1.39. The minimum Gasteiger partial charge on any atom is -0.495 e. The summed E-state index contributed by atoms with van der Waals surface area (Å²) in [6.07, 6.45) is 6.16. The average molecular weight is 434 g/mol. The molecule has 0 bridgehead atoms. The summed E-state index contributed by atoms with van der Waals surface area (Å²) >= 11 is 0. The molecule has 0 amide bonds. The van der Waals surface area contributed by atoms with Crippen LogP contribution < -0.4 is 15.4 Å². The van der Waals surface area contributed by atoms with E-state index >= 15 is 0 Å². The van der Waals surface area contributed by atoms with Crippen LogP contribution >= 0.6 is 0 Å². The second kappa shape index (κ2) is 9.30. The van der Waals surface area contributed by atoms with Gasteiger partial charge in [0, 0.05) is 49.6 Å². The SMILES string of the molecule is COc1cc2c(cc1Nc1ncc3ccc(NC4CCCOCC4)cc3n1)CN(C)CC2. The quantitative estimate of drug-likeness (QED) is 0.620. The van der Waals surface area contributed by atoms with E-state index in [0.717, 1.165) is 80.0 Å². The van der Waals surface area contributed by atoms with Crippen molar-refractivity contribution in [3.63, 3.8) is 0 Å². The monoisotopic (exact) mass is 433 g/mol. The normalized spacial score (nSPS) is 19.2. The van der Waals surface area contributed by atoms with Gasteiger partial charge in [0.1, 0.15) is 5.75 Å². The largest absolute Gasteiger partial charge is 0.495 e. The molecule has 5 rings (SSSR count). The van der Waals surface area contributed by atoms with Gasteiger partial charge < -0.3 is 25.0 Å². The molecule has 7 nitrogen and oxygen atoms in total. The highest BCUT2D eigenvalue weighted by Crippen LogP contribution is 2.33. The second-order valence-corrected chi connectivity index (χ2v) is 8.79. The zero-order valence-corrected chi connectivity index (χ0v) is 18.9. The molecule has 2 aromatic carbocycles. The van der Waals surface area contributed by atoms with Gasteiger partial charge in [0.15, 0.2) is 0 Å². The summed E-state index contributed by atoms with van der Waals surface area (Å²) in [6.45, 7) is 3.69. The van der Waals surface area contributed by atoms with E-state index in [1.807, 2.05) is 6.20 Å². The first-order valence-corrected chi connectivity index (χ1v) is 11.4. The Labute approximate surface area is 189 Å². The summed E-state index contributed by atoms with van der Waals surface area (Å²) in [6, 6.07) is 11.0. The third-order valence-electron chi connectivity index (χ3n) is 6.38. The molecule has 3 heterocycles. The molecule has 0 aliphatic carbocycles. The second-order valence-electron chi connectivity index (χ2n) is 8.79. The molecule has 2 aliphatic heterocycles. The molecule has 0 spiro atoms. The van der Waals surface area contributed by atoms with E-state index in [9.17, 15) is 0 Å². The fourth-order valence-corrected chi connectivity index (χ4v) is 4.57. The van der Waals surface area contributed by atoms with Crippen LogP contribution in [0.1, 0.15) is 30.4 Å². The maximum Gasteiger partial charge on any atom is 0.227 e. The number of aromatic nitrogens is 2. The number of ether oxygens (including phenoxy) is 2. The number of fused-ring (bicyclic) bond motifs is 2. The van der Waals surface area contributed by atoms with E-state index in [-0.39, 0.29) is 0 Å². The van der Waals surface area contributed by atoms with E-state index in [0.29, 0.717) is 12.0 Å². The molecule has 1 atom stereocenters. The fourth-order valence-electron chi connectivity index (χ4n) is 4.57. The van der Waals surface area contributed by atoms with Crippen LogP contribution in [0.2, 0.25) is 0 Å². The maximum atomic E-state index is 5.66. The summed E-state index contributed by atoms with van der Waals surface area (Å²) in [5.41, 5.74) is 5.57. The van der Waals surface area contributed by atoms with Crippen LogP contribution in [-0.4, -0.2) is 54.8 Å². The first-order valence-electron chi connectivity index (χ1n) is 11.4.